The molecule has 0 bridgehead atoms. The quantitative estimate of drug-likeness (QED) is 0.374. The van der Waals surface area contributed by atoms with E-state index < -0.39 is 18.3 Å². The molecule has 4 nitrogen and oxygen atoms in total. The molecule has 1 saturated heterocycles. The van der Waals surface area contributed by atoms with E-state index in [0.29, 0.717) is 6.61 Å². The van der Waals surface area contributed by atoms with Crippen LogP contribution in [0, 0.1) is 0 Å². The Morgan fingerprint density at radius 3 is 2.36 bits per heavy atom. The molecule has 1 heterocycles. The van der Waals surface area contributed by atoms with Crippen LogP contribution in [0.3, 0.4) is 0 Å². The van der Waals surface area contributed by atoms with Gasteiger partial charge in [-0.3, -0.25) is 0 Å². The number of ether oxygens (including phenoxy) is 1. The molecule has 0 aliphatic carbocycles. The van der Waals surface area contributed by atoms with Gasteiger partial charge in [0.15, 0.2) is 0 Å². The summed E-state index contributed by atoms with van der Waals surface area (Å²) in [4.78, 5) is 0. The summed E-state index contributed by atoms with van der Waals surface area (Å²) in [7, 11) is 0. The van der Waals surface area contributed by atoms with Gasteiger partial charge in [0.25, 0.3) is 0 Å². The van der Waals surface area contributed by atoms with Crippen molar-refractivity contribution in [2.75, 3.05) is 12.5 Å². The predicted molar refractivity (Wildman–Crippen MR) is 38.5 cm³/mol. The number of hydrogen-bond acceptors (Lipinski definition) is 4. The fourth-order valence-corrected chi connectivity index (χ4v) is 0.974. The summed E-state index contributed by atoms with van der Waals surface area (Å²) < 4.78 is 4.72. The SMILES string of the molecule is O[C@H]([C@H](O)CCl)[C@H](O)C1CO1. The van der Waals surface area contributed by atoms with E-state index in [1.807, 2.05) is 0 Å². The lowest BCUT2D eigenvalue weighted by molar-refractivity contribution is -0.0594. The van der Waals surface area contributed by atoms with Crippen molar-refractivity contribution in [3.63, 3.8) is 0 Å². The largest absolute Gasteiger partial charge is 0.389 e. The molecule has 11 heavy (non-hydrogen) atoms. The van der Waals surface area contributed by atoms with E-state index in [9.17, 15) is 0 Å². The maximum absolute atomic E-state index is 9.17. The minimum atomic E-state index is -1.21. The number of hydrogen-bond donors (Lipinski definition) is 3. The van der Waals surface area contributed by atoms with Gasteiger partial charge in [0.1, 0.15) is 18.3 Å². The third-order valence-electron chi connectivity index (χ3n) is 1.64. The molecular formula is C6H11ClO4. The van der Waals surface area contributed by atoms with Gasteiger partial charge in [0, 0.05) is 0 Å². The molecule has 0 aromatic heterocycles. The van der Waals surface area contributed by atoms with Crippen LogP contribution in [0.1, 0.15) is 0 Å². The van der Waals surface area contributed by atoms with Crippen molar-refractivity contribution >= 4 is 11.6 Å². The maximum Gasteiger partial charge on any atom is 0.111 e. The number of halogens is 1. The Balaban J connectivity index is 2.31. The number of epoxide rings is 1. The van der Waals surface area contributed by atoms with Crippen LogP contribution >= 0.6 is 11.6 Å². The molecule has 0 amide bonds. The molecule has 0 aromatic carbocycles. The average molecular weight is 183 g/mol. The molecule has 0 spiro atoms. The van der Waals surface area contributed by atoms with Crippen molar-refractivity contribution in [3.05, 3.63) is 0 Å². The third-order valence-corrected chi connectivity index (χ3v) is 1.96. The average Bonchev–Trinajstić information content (AvgIpc) is 2.82. The second-order valence-corrected chi connectivity index (χ2v) is 2.88. The van der Waals surface area contributed by atoms with Crippen molar-refractivity contribution in [3.8, 4) is 0 Å². The highest BCUT2D eigenvalue weighted by Gasteiger charge is 2.38. The molecule has 1 aliphatic rings. The van der Waals surface area contributed by atoms with Crippen LogP contribution in [0.15, 0.2) is 0 Å². The van der Waals surface area contributed by atoms with Gasteiger partial charge in [-0.2, -0.15) is 0 Å². The molecule has 0 saturated carbocycles. The molecule has 0 radical (unpaired) electrons. The summed E-state index contributed by atoms with van der Waals surface area (Å²) in [6.07, 6.45) is -3.65. The van der Waals surface area contributed by atoms with Gasteiger partial charge in [-0.15, -0.1) is 11.6 Å². The van der Waals surface area contributed by atoms with Crippen LogP contribution in [0.2, 0.25) is 0 Å². The molecule has 1 rings (SSSR count). The van der Waals surface area contributed by atoms with Crippen LogP contribution in [-0.4, -0.2) is 52.2 Å². The van der Waals surface area contributed by atoms with Crippen LogP contribution in [0.25, 0.3) is 0 Å². The topological polar surface area (TPSA) is 73.2 Å². The number of aliphatic hydroxyl groups is 3. The summed E-state index contributed by atoms with van der Waals surface area (Å²) in [5, 5.41) is 27.3. The summed E-state index contributed by atoms with van der Waals surface area (Å²) in [6.45, 7) is 0.438. The lowest BCUT2D eigenvalue weighted by Crippen LogP contribution is -2.41. The molecule has 0 aromatic rings. The molecule has 1 unspecified atom stereocenters. The first-order chi connectivity index (χ1) is 5.16. The van der Waals surface area contributed by atoms with E-state index in [1.54, 1.807) is 0 Å². The van der Waals surface area contributed by atoms with Gasteiger partial charge in [-0.05, 0) is 0 Å². The monoisotopic (exact) mass is 182 g/mol. The van der Waals surface area contributed by atoms with E-state index in [1.165, 1.54) is 0 Å². The normalized spacial score (nSPS) is 31.1. The smallest absolute Gasteiger partial charge is 0.111 e. The van der Waals surface area contributed by atoms with E-state index in [4.69, 9.17) is 31.7 Å². The molecule has 5 heteroatoms. The number of aliphatic hydroxyl groups excluding tert-OH is 3. The van der Waals surface area contributed by atoms with Gasteiger partial charge in [0.05, 0.1) is 18.6 Å². The first-order valence-corrected chi connectivity index (χ1v) is 3.92. The Hall–Kier alpha value is 0.130. The van der Waals surface area contributed by atoms with Crippen LogP contribution in [0.4, 0.5) is 0 Å². The molecule has 3 N–H and O–H groups in total. The Morgan fingerprint density at radius 2 is 2.00 bits per heavy atom. The summed E-state index contributed by atoms with van der Waals surface area (Å²) in [6, 6.07) is 0. The van der Waals surface area contributed by atoms with E-state index in [-0.39, 0.29) is 12.0 Å². The zero-order valence-corrected chi connectivity index (χ0v) is 6.61. The highest BCUT2D eigenvalue weighted by molar-refractivity contribution is 6.18. The summed E-state index contributed by atoms with van der Waals surface area (Å²) in [5.74, 6) is -0.0923. The Morgan fingerprint density at radius 1 is 1.45 bits per heavy atom. The lowest BCUT2D eigenvalue weighted by Gasteiger charge is -2.19. The minimum Gasteiger partial charge on any atom is -0.389 e. The Labute approximate surface area is 69.4 Å². The second kappa shape index (κ2) is 3.69. The van der Waals surface area contributed by atoms with E-state index >= 15 is 0 Å². The van der Waals surface area contributed by atoms with Gasteiger partial charge in [-0.25, -0.2) is 0 Å². The summed E-state index contributed by atoms with van der Waals surface area (Å²) in [5.41, 5.74) is 0. The van der Waals surface area contributed by atoms with Crippen LogP contribution < -0.4 is 0 Å². The molecular weight excluding hydrogens is 172 g/mol. The molecule has 1 aliphatic heterocycles. The zero-order valence-electron chi connectivity index (χ0n) is 5.85. The van der Waals surface area contributed by atoms with Gasteiger partial charge in [-0.1, -0.05) is 0 Å². The second-order valence-electron chi connectivity index (χ2n) is 2.57. The molecule has 66 valence electrons. The van der Waals surface area contributed by atoms with Crippen molar-refractivity contribution in [1.82, 2.24) is 0 Å². The van der Waals surface area contributed by atoms with Crippen molar-refractivity contribution < 1.29 is 20.1 Å². The maximum atomic E-state index is 9.17. The lowest BCUT2D eigenvalue weighted by atomic mass is 10.1. The first kappa shape index (κ1) is 9.22. The van der Waals surface area contributed by atoms with Gasteiger partial charge < -0.3 is 20.1 Å². The number of rotatable bonds is 4. The zero-order chi connectivity index (χ0) is 8.43. The molecule has 1 fully saturated rings. The van der Waals surface area contributed by atoms with E-state index in [0.717, 1.165) is 0 Å². The van der Waals surface area contributed by atoms with Crippen molar-refractivity contribution in [1.29, 1.82) is 0 Å². The highest BCUT2D eigenvalue weighted by Crippen LogP contribution is 2.18. The van der Waals surface area contributed by atoms with E-state index in [2.05, 4.69) is 0 Å². The van der Waals surface area contributed by atoms with Gasteiger partial charge >= 0.3 is 0 Å². The first-order valence-electron chi connectivity index (χ1n) is 3.38. The standard InChI is InChI=1S/C6H11ClO4/c7-1-3(8)5(9)6(10)4-2-11-4/h3-6,8-10H,1-2H2/t3-,4?,5-,6-/m1/s1. The fourth-order valence-electron chi connectivity index (χ4n) is 0.792. The van der Waals surface area contributed by atoms with Crippen LogP contribution in [0.5, 0.6) is 0 Å². The summed E-state index contributed by atoms with van der Waals surface area (Å²) >= 11 is 5.25. The number of alkyl halides is 1. The van der Waals surface area contributed by atoms with Crippen molar-refractivity contribution in [2.24, 2.45) is 0 Å². The van der Waals surface area contributed by atoms with Gasteiger partial charge in [0.2, 0.25) is 0 Å². The third kappa shape index (κ3) is 2.28. The Bertz CT molecular complexity index is 128. The molecule has 4 atom stereocenters. The Kier molecular flexibility index (Phi) is 3.09. The fraction of sp³-hybridized carbons (Fsp3) is 1.00. The van der Waals surface area contributed by atoms with Crippen LogP contribution in [-0.2, 0) is 4.74 Å². The minimum absolute atomic E-state index is 0.0923. The highest BCUT2D eigenvalue weighted by atomic mass is 35.5. The predicted octanol–water partition coefficient (Wildman–Crippen LogP) is -1.29. The van der Waals surface area contributed by atoms with Crippen molar-refractivity contribution in [2.45, 2.75) is 24.4 Å².